The highest BCUT2D eigenvalue weighted by atomic mass is 16.3. The Hall–Kier alpha value is -1.75. The van der Waals surface area contributed by atoms with Gasteiger partial charge in [0.1, 0.15) is 5.69 Å². The van der Waals surface area contributed by atoms with Crippen molar-refractivity contribution in [2.75, 3.05) is 0 Å². The minimum atomic E-state index is -0.600. The predicted octanol–water partition coefficient (Wildman–Crippen LogP) is 1.02. The molecule has 15 heavy (non-hydrogen) atoms. The summed E-state index contributed by atoms with van der Waals surface area (Å²) in [6, 6.07) is 1.95. The average molecular weight is 204 g/mol. The zero-order chi connectivity index (χ0) is 10.8. The van der Waals surface area contributed by atoms with Crippen LogP contribution in [0, 0.1) is 6.92 Å². The van der Waals surface area contributed by atoms with Crippen LogP contribution in [0.1, 0.15) is 24.3 Å². The Morgan fingerprint density at radius 1 is 1.40 bits per heavy atom. The van der Waals surface area contributed by atoms with Crippen molar-refractivity contribution in [3.05, 3.63) is 35.9 Å². The number of aromatic nitrogens is 4. The van der Waals surface area contributed by atoms with Gasteiger partial charge in [0.2, 0.25) is 0 Å². The maximum Gasteiger partial charge on any atom is 0.111 e. The van der Waals surface area contributed by atoms with Gasteiger partial charge in [-0.05, 0) is 25.5 Å². The molecule has 1 atom stereocenters. The molecule has 0 aliphatic carbocycles. The lowest BCUT2D eigenvalue weighted by atomic mass is 10.3. The highest BCUT2D eigenvalue weighted by molar-refractivity contribution is 5.30. The van der Waals surface area contributed by atoms with Crippen molar-refractivity contribution in [1.29, 1.82) is 0 Å². The molecular weight excluding hydrogens is 192 g/mol. The first-order chi connectivity index (χ1) is 7.16. The van der Waals surface area contributed by atoms with Crippen LogP contribution in [0.4, 0.5) is 0 Å². The summed E-state index contributed by atoms with van der Waals surface area (Å²) in [7, 11) is 0. The number of hydrogen-bond donors (Lipinski definition) is 1. The molecule has 5 nitrogen and oxygen atoms in total. The zero-order valence-corrected chi connectivity index (χ0v) is 8.62. The highest BCUT2D eigenvalue weighted by Gasteiger charge is 2.07. The molecule has 0 bridgehead atoms. The molecule has 0 aliphatic heterocycles. The molecule has 0 saturated carbocycles. The molecule has 2 aromatic heterocycles. The lowest BCUT2D eigenvalue weighted by Crippen LogP contribution is -1.96. The quantitative estimate of drug-likeness (QED) is 0.793. The molecule has 0 aromatic carbocycles. The molecule has 0 fully saturated rings. The number of nitrogens with zero attached hydrogens (tertiary/aromatic N) is 4. The number of hydrogen-bond acceptors (Lipinski definition) is 4. The van der Waals surface area contributed by atoms with Gasteiger partial charge >= 0.3 is 0 Å². The Kier molecular flexibility index (Phi) is 2.47. The molecule has 2 rings (SSSR count). The predicted molar refractivity (Wildman–Crippen MR) is 54.5 cm³/mol. The van der Waals surface area contributed by atoms with Gasteiger partial charge in [-0.3, -0.25) is 4.98 Å². The van der Waals surface area contributed by atoms with E-state index in [1.54, 1.807) is 30.2 Å². The van der Waals surface area contributed by atoms with Crippen LogP contribution < -0.4 is 0 Å². The van der Waals surface area contributed by atoms with Crippen LogP contribution in [0.25, 0.3) is 5.69 Å². The molecule has 1 N–H and O–H groups in total. The first kappa shape index (κ1) is 9.79. The summed E-state index contributed by atoms with van der Waals surface area (Å²) in [5.74, 6) is 0. The van der Waals surface area contributed by atoms with Gasteiger partial charge in [-0.2, -0.15) is 0 Å². The highest BCUT2D eigenvalue weighted by Crippen LogP contribution is 2.11. The number of aliphatic hydroxyl groups excluding tert-OH is 1. The van der Waals surface area contributed by atoms with Crippen molar-refractivity contribution in [2.24, 2.45) is 0 Å². The van der Waals surface area contributed by atoms with E-state index >= 15 is 0 Å². The molecule has 2 aromatic rings. The monoisotopic (exact) mass is 204 g/mol. The molecule has 2 heterocycles. The molecule has 0 radical (unpaired) electrons. The van der Waals surface area contributed by atoms with Crippen LogP contribution in [0.5, 0.6) is 0 Å². The summed E-state index contributed by atoms with van der Waals surface area (Å²) in [5.41, 5.74) is 2.45. The van der Waals surface area contributed by atoms with Crippen LogP contribution in [0.15, 0.2) is 24.7 Å². The first-order valence-corrected chi connectivity index (χ1v) is 4.69. The Balaban J connectivity index is 2.37. The fourth-order valence-corrected chi connectivity index (χ4v) is 1.26. The van der Waals surface area contributed by atoms with Gasteiger partial charge in [0.05, 0.1) is 24.2 Å². The van der Waals surface area contributed by atoms with E-state index in [2.05, 4.69) is 15.3 Å². The van der Waals surface area contributed by atoms with Gasteiger partial charge in [0.25, 0.3) is 0 Å². The van der Waals surface area contributed by atoms with Gasteiger partial charge in [0, 0.05) is 6.20 Å². The average Bonchev–Trinajstić information content (AvgIpc) is 2.66. The lowest BCUT2D eigenvalue weighted by molar-refractivity contribution is 0.194. The van der Waals surface area contributed by atoms with Gasteiger partial charge in [-0.1, -0.05) is 5.21 Å². The third-order valence-electron chi connectivity index (χ3n) is 2.06. The second kappa shape index (κ2) is 3.78. The van der Waals surface area contributed by atoms with E-state index in [-0.39, 0.29) is 0 Å². The van der Waals surface area contributed by atoms with Crippen LogP contribution in [-0.4, -0.2) is 25.1 Å². The van der Waals surface area contributed by atoms with E-state index in [1.807, 2.05) is 13.0 Å². The molecule has 0 saturated heterocycles. The van der Waals surface area contributed by atoms with E-state index in [0.29, 0.717) is 5.69 Å². The van der Waals surface area contributed by atoms with Crippen molar-refractivity contribution in [2.45, 2.75) is 20.0 Å². The van der Waals surface area contributed by atoms with E-state index in [0.717, 1.165) is 11.3 Å². The summed E-state index contributed by atoms with van der Waals surface area (Å²) >= 11 is 0. The largest absolute Gasteiger partial charge is 0.387 e. The molecule has 0 spiro atoms. The minimum absolute atomic E-state index is 0.552. The Morgan fingerprint density at radius 2 is 2.20 bits per heavy atom. The maximum absolute atomic E-state index is 9.31. The number of pyridine rings is 1. The summed E-state index contributed by atoms with van der Waals surface area (Å²) in [6.07, 6.45) is 4.57. The fourth-order valence-electron chi connectivity index (χ4n) is 1.26. The molecule has 0 amide bonds. The maximum atomic E-state index is 9.31. The van der Waals surface area contributed by atoms with Crippen LogP contribution in [0.3, 0.4) is 0 Å². The normalized spacial score (nSPS) is 12.7. The number of aryl methyl sites for hydroxylation is 1. The van der Waals surface area contributed by atoms with E-state index < -0.39 is 6.10 Å². The summed E-state index contributed by atoms with van der Waals surface area (Å²) in [6.45, 7) is 3.62. The molecule has 0 aliphatic rings. The van der Waals surface area contributed by atoms with Crippen molar-refractivity contribution in [1.82, 2.24) is 20.0 Å². The van der Waals surface area contributed by atoms with Crippen LogP contribution >= 0.6 is 0 Å². The zero-order valence-electron chi connectivity index (χ0n) is 8.62. The molecule has 78 valence electrons. The fraction of sp³-hybridized carbons (Fsp3) is 0.300. The molecular formula is C10H12N4O. The molecule has 1 unspecified atom stereocenters. The Morgan fingerprint density at radius 3 is 2.80 bits per heavy atom. The van der Waals surface area contributed by atoms with Crippen molar-refractivity contribution in [3.63, 3.8) is 0 Å². The van der Waals surface area contributed by atoms with Gasteiger partial charge in [0.15, 0.2) is 0 Å². The van der Waals surface area contributed by atoms with Crippen molar-refractivity contribution in [3.8, 4) is 5.69 Å². The van der Waals surface area contributed by atoms with Crippen molar-refractivity contribution >= 4 is 0 Å². The van der Waals surface area contributed by atoms with Gasteiger partial charge in [-0.25, -0.2) is 4.68 Å². The van der Waals surface area contributed by atoms with Crippen molar-refractivity contribution < 1.29 is 5.11 Å². The first-order valence-electron chi connectivity index (χ1n) is 4.69. The summed E-state index contributed by atoms with van der Waals surface area (Å²) in [4.78, 5) is 4.06. The number of rotatable bonds is 2. The minimum Gasteiger partial charge on any atom is -0.387 e. The summed E-state index contributed by atoms with van der Waals surface area (Å²) in [5, 5.41) is 17.1. The third-order valence-corrected chi connectivity index (χ3v) is 2.06. The topological polar surface area (TPSA) is 63.8 Å². The van der Waals surface area contributed by atoms with E-state index in [1.165, 1.54) is 0 Å². The third kappa shape index (κ3) is 2.02. The van der Waals surface area contributed by atoms with E-state index in [4.69, 9.17) is 0 Å². The Bertz CT molecular complexity index is 464. The lowest BCUT2D eigenvalue weighted by Gasteiger charge is -1.99. The standard InChI is InChI=1S/C10H12N4O/c1-7-3-9(5-11-4-7)14-6-10(8(2)15)12-13-14/h3-6,8,15H,1-2H3. The Labute approximate surface area is 87.4 Å². The SMILES string of the molecule is Cc1cncc(-n2cc(C(C)O)nn2)c1. The van der Waals surface area contributed by atoms with Crippen LogP contribution in [0.2, 0.25) is 0 Å². The van der Waals surface area contributed by atoms with E-state index in [9.17, 15) is 5.11 Å². The van der Waals surface area contributed by atoms with Crippen LogP contribution in [-0.2, 0) is 0 Å². The van der Waals surface area contributed by atoms with Gasteiger partial charge < -0.3 is 5.11 Å². The van der Waals surface area contributed by atoms with Gasteiger partial charge in [-0.15, -0.1) is 5.10 Å². The molecule has 5 heteroatoms. The number of aliphatic hydroxyl groups is 1. The summed E-state index contributed by atoms with van der Waals surface area (Å²) < 4.78 is 1.60. The second-order valence-electron chi connectivity index (χ2n) is 3.48. The smallest absolute Gasteiger partial charge is 0.111 e. The second-order valence-corrected chi connectivity index (χ2v) is 3.48.